The van der Waals surface area contributed by atoms with Gasteiger partial charge in [-0.3, -0.25) is 4.90 Å². The van der Waals surface area contributed by atoms with Crippen molar-refractivity contribution in [2.75, 3.05) is 31.2 Å². The molecule has 1 unspecified atom stereocenters. The van der Waals surface area contributed by atoms with Crippen molar-refractivity contribution >= 4 is 17.7 Å². The third kappa shape index (κ3) is 4.34. The van der Waals surface area contributed by atoms with Crippen LogP contribution >= 0.6 is 11.8 Å². The van der Waals surface area contributed by atoms with E-state index in [9.17, 15) is 10.1 Å². The summed E-state index contributed by atoms with van der Waals surface area (Å²) in [5, 5.41) is 9.63. The third-order valence-corrected chi connectivity index (χ3v) is 5.87. The lowest BCUT2D eigenvalue weighted by molar-refractivity contribution is -0.139. The standard InChI is InChI=1S/C21H25N3O3S/c1-3-26-21(25)18-14(2)27-20(23)17(12-22)19(18)16-6-4-15(5-7-16)13-24-8-10-28-11-9-24/h4-7,19H,3,8-11,13,23H2,1-2H3. The molecule has 3 rings (SSSR count). The minimum absolute atomic E-state index is 0.0351. The van der Waals surface area contributed by atoms with Crippen LogP contribution in [0.3, 0.4) is 0 Å². The van der Waals surface area contributed by atoms with Crippen molar-refractivity contribution in [2.45, 2.75) is 26.3 Å². The molecular formula is C21H25N3O3S. The second-order valence-electron chi connectivity index (χ2n) is 6.75. The Hall–Kier alpha value is -2.43. The number of carbonyl (C=O) groups is 1. The summed E-state index contributed by atoms with van der Waals surface area (Å²) in [6.45, 7) is 6.75. The first kappa shape index (κ1) is 20.3. The average molecular weight is 400 g/mol. The molecule has 1 aromatic carbocycles. The molecule has 0 aliphatic carbocycles. The topological polar surface area (TPSA) is 88.6 Å². The first-order chi connectivity index (χ1) is 13.5. The quantitative estimate of drug-likeness (QED) is 0.762. The normalized spacial score (nSPS) is 20.5. The number of benzene rings is 1. The van der Waals surface area contributed by atoms with Crippen molar-refractivity contribution < 1.29 is 14.3 Å². The average Bonchev–Trinajstić information content (AvgIpc) is 2.69. The number of carbonyl (C=O) groups excluding carboxylic acids is 1. The zero-order valence-electron chi connectivity index (χ0n) is 16.2. The predicted octanol–water partition coefficient (Wildman–Crippen LogP) is 2.88. The number of nitriles is 1. The second-order valence-corrected chi connectivity index (χ2v) is 7.97. The molecule has 0 spiro atoms. The number of hydrogen-bond donors (Lipinski definition) is 1. The Morgan fingerprint density at radius 3 is 2.64 bits per heavy atom. The van der Waals surface area contributed by atoms with E-state index in [0.717, 1.165) is 25.2 Å². The molecule has 1 aromatic rings. The molecular weight excluding hydrogens is 374 g/mol. The molecule has 28 heavy (non-hydrogen) atoms. The minimum Gasteiger partial charge on any atom is -0.463 e. The van der Waals surface area contributed by atoms with Gasteiger partial charge in [-0.15, -0.1) is 0 Å². The van der Waals surface area contributed by atoms with E-state index in [1.54, 1.807) is 13.8 Å². The van der Waals surface area contributed by atoms with E-state index < -0.39 is 11.9 Å². The highest BCUT2D eigenvalue weighted by molar-refractivity contribution is 7.99. The van der Waals surface area contributed by atoms with Crippen LogP contribution in [0.15, 0.2) is 47.1 Å². The van der Waals surface area contributed by atoms with Gasteiger partial charge in [0, 0.05) is 31.1 Å². The van der Waals surface area contributed by atoms with E-state index in [1.807, 2.05) is 23.9 Å². The Kier molecular flexibility index (Phi) is 6.65. The fourth-order valence-electron chi connectivity index (χ4n) is 3.52. The molecule has 2 heterocycles. The van der Waals surface area contributed by atoms with E-state index in [4.69, 9.17) is 15.2 Å². The number of nitrogens with two attached hydrogens (primary N) is 1. The van der Waals surface area contributed by atoms with Gasteiger partial charge in [0.15, 0.2) is 0 Å². The number of ether oxygens (including phenoxy) is 2. The van der Waals surface area contributed by atoms with E-state index in [1.165, 1.54) is 17.1 Å². The van der Waals surface area contributed by atoms with E-state index >= 15 is 0 Å². The Morgan fingerprint density at radius 1 is 1.36 bits per heavy atom. The molecule has 6 nitrogen and oxygen atoms in total. The Balaban J connectivity index is 1.89. The third-order valence-electron chi connectivity index (χ3n) is 4.92. The van der Waals surface area contributed by atoms with Gasteiger partial charge in [0.25, 0.3) is 0 Å². The van der Waals surface area contributed by atoms with Crippen LogP contribution in [0, 0.1) is 11.3 Å². The maximum absolute atomic E-state index is 12.5. The largest absolute Gasteiger partial charge is 0.463 e. The number of allylic oxidation sites excluding steroid dienone is 2. The second kappa shape index (κ2) is 9.18. The summed E-state index contributed by atoms with van der Waals surface area (Å²) < 4.78 is 10.6. The number of nitrogens with zero attached hydrogens (tertiary/aromatic N) is 2. The zero-order chi connectivity index (χ0) is 20.1. The highest BCUT2D eigenvalue weighted by atomic mass is 32.2. The lowest BCUT2D eigenvalue weighted by Gasteiger charge is -2.28. The highest BCUT2D eigenvalue weighted by Gasteiger charge is 2.36. The van der Waals surface area contributed by atoms with Gasteiger partial charge in [0.05, 0.1) is 18.1 Å². The Labute approximate surface area is 170 Å². The summed E-state index contributed by atoms with van der Waals surface area (Å²) in [6.07, 6.45) is 0. The number of thioether (sulfide) groups is 1. The summed E-state index contributed by atoms with van der Waals surface area (Å²) in [4.78, 5) is 15.0. The van der Waals surface area contributed by atoms with Gasteiger partial charge in [-0.2, -0.15) is 17.0 Å². The molecule has 0 amide bonds. The molecule has 148 valence electrons. The summed E-state index contributed by atoms with van der Waals surface area (Å²) in [6, 6.07) is 10.1. The van der Waals surface area contributed by atoms with Crippen LogP contribution in [-0.2, 0) is 20.8 Å². The molecule has 1 atom stereocenters. The smallest absolute Gasteiger partial charge is 0.338 e. The van der Waals surface area contributed by atoms with Crippen molar-refractivity contribution in [1.82, 2.24) is 4.90 Å². The van der Waals surface area contributed by atoms with E-state index in [-0.39, 0.29) is 18.1 Å². The maximum Gasteiger partial charge on any atom is 0.338 e. The van der Waals surface area contributed by atoms with Crippen LogP contribution in [0.2, 0.25) is 0 Å². The van der Waals surface area contributed by atoms with Crippen LogP contribution in [0.5, 0.6) is 0 Å². The van der Waals surface area contributed by atoms with Gasteiger partial charge in [-0.05, 0) is 25.0 Å². The van der Waals surface area contributed by atoms with Crippen LogP contribution in [-0.4, -0.2) is 42.1 Å². The summed E-state index contributed by atoms with van der Waals surface area (Å²) in [5.41, 5.74) is 8.52. The first-order valence-corrected chi connectivity index (χ1v) is 10.5. The monoisotopic (exact) mass is 399 g/mol. The van der Waals surface area contributed by atoms with Gasteiger partial charge in [0.1, 0.15) is 17.4 Å². The lowest BCUT2D eigenvalue weighted by atomic mass is 9.83. The highest BCUT2D eigenvalue weighted by Crippen LogP contribution is 2.39. The van der Waals surface area contributed by atoms with Crippen molar-refractivity contribution in [2.24, 2.45) is 5.73 Å². The molecule has 1 fully saturated rings. The number of esters is 1. The molecule has 0 radical (unpaired) electrons. The minimum atomic E-state index is -0.585. The molecule has 1 saturated heterocycles. The number of rotatable bonds is 5. The van der Waals surface area contributed by atoms with Crippen molar-refractivity contribution in [3.63, 3.8) is 0 Å². The van der Waals surface area contributed by atoms with Crippen molar-refractivity contribution in [1.29, 1.82) is 5.26 Å². The van der Waals surface area contributed by atoms with E-state index in [0.29, 0.717) is 11.3 Å². The van der Waals surface area contributed by atoms with Gasteiger partial charge in [-0.25, -0.2) is 4.79 Å². The van der Waals surface area contributed by atoms with Gasteiger partial charge >= 0.3 is 5.97 Å². The molecule has 0 aromatic heterocycles. The zero-order valence-corrected chi connectivity index (χ0v) is 17.1. The molecule has 2 aliphatic rings. The maximum atomic E-state index is 12.5. The molecule has 0 saturated carbocycles. The first-order valence-electron chi connectivity index (χ1n) is 9.39. The summed E-state index contributed by atoms with van der Waals surface area (Å²) in [5.74, 6) is 1.67. The Bertz CT molecular complexity index is 833. The molecule has 7 heteroatoms. The fraction of sp³-hybridized carbons (Fsp3) is 0.429. The van der Waals surface area contributed by atoms with Crippen molar-refractivity contribution in [3.8, 4) is 6.07 Å². The molecule has 2 aliphatic heterocycles. The van der Waals surface area contributed by atoms with Gasteiger partial charge in [-0.1, -0.05) is 24.3 Å². The fourth-order valence-corrected chi connectivity index (χ4v) is 4.50. The SMILES string of the molecule is CCOC(=O)C1=C(C)OC(N)=C(C#N)C1c1ccc(CN2CCSCC2)cc1. The van der Waals surface area contributed by atoms with Crippen molar-refractivity contribution in [3.05, 3.63) is 58.2 Å². The predicted molar refractivity (Wildman–Crippen MR) is 109 cm³/mol. The van der Waals surface area contributed by atoms with Crippen LogP contribution in [0.1, 0.15) is 30.9 Å². The molecule has 2 N–H and O–H groups in total. The molecule has 0 bridgehead atoms. The van der Waals surface area contributed by atoms with Gasteiger partial charge in [0.2, 0.25) is 5.88 Å². The van der Waals surface area contributed by atoms with E-state index in [2.05, 4.69) is 23.1 Å². The summed E-state index contributed by atoms with van der Waals surface area (Å²) >= 11 is 1.99. The van der Waals surface area contributed by atoms with Crippen LogP contribution < -0.4 is 5.73 Å². The summed E-state index contributed by atoms with van der Waals surface area (Å²) in [7, 11) is 0. The number of hydrogen-bond acceptors (Lipinski definition) is 7. The lowest BCUT2D eigenvalue weighted by Crippen LogP contribution is -2.31. The Morgan fingerprint density at radius 2 is 2.04 bits per heavy atom. The van der Waals surface area contributed by atoms with Crippen LogP contribution in [0.4, 0.5) is 0 Å². The van der Waals surface area contributed by atoms with Gasteiger partial charge < -0.3 is 15.2 Å². The van der Waals surface area contributed by atoms with Crippen LogP contribution in [0.25, 0.3) is 0 Å².